The summed E-state index contributed by atoms with van der Waals surface area (Å²) < 4.78 is 0. The van der Waals surface area contributed by atoms with Crippen LogP contribution in [-0.2, 0) is 4.79 Å². The van der Waals surface area contributed by atoms with Crippen molar-refractivity contribution in [1.82, 2.24) is 10.6 Å². The van der Waals surface area contributed by atoms with Crippen LogP contribution >= 0.6 is 0 Å². The van der Waals surface area contributed by atoms with Crippen molar-refractivity contribution in [2.24, 2.45) is 5.41 Å². The molecule has 0 aromatic carbocycles. The Bertz CT molecular complexity index is 379. The van der Waals surface area contributed by atoms with E-state index in [9.17, 15) is 19.8 Å². The Morgan fingerprint density at radius 1 is 1.10 bits per heavy atom. The molecule has 0 aromatic rings. The van der Waals surface area contributed by atoms with Crippen LogP contribution in [0.25, 0.3) is 0 Å². The average molecular weight is 286 g/mol. The molecule has 0 heterocycles. The number of aliphatic hydroxyl groups is 1. The Labute approximate surface area is 119 Å². The van der Waals surface area contributed by atoms with Crippen LogP contribution in [0.3, 0.4) is 0 Å². The summed E-state index contributed by atoms with van der Waals surface area (Å²) in [6.45, 7) is 6.51. The van der Waals surface area contributed by atoms with Crippen LogP contribution in [0.1, 0.15) is 53.4 Å². The van der Waals surface area contributed by atoms with E-state index < -0.39 is 29.1 Å². The molecule has 2 unspecified atom stereocenters. The molecule has 0 aromatic heterocycles. The van der Waals surface area contributed by atoms with Crippen molar-refractivity contribution < 1.29 is 19.8 Å². The maximum atomic E-state index is 12.0. The van der Waals surface area contributed by atoms with Gasteiger partial charge in [-0.2, -0.15) is 0 Å². The number of urea groups is 1. The molecule has 0 radical (unpaired) electrons. The Kier molecular flexibility index (Phi) is 5.02. The number of hydrogen-bond donors (Lipinski definition) is 4. The topological polar surface area (TPSA) is 98.7 Å². The van der Waals surface area contributed by atoms with Gasteiger partial charge < -0.3 is 20.8 Å². The minimum Gasteiger partial charge on any atom is -0.481 e. The first-order chi connectivity index (χ1) is 9.08. The summed E-state index contributed by atoms with van der Waals surface area (Å²) in [5.74, 6) is -0.972. The van der Waals surface area contributed by atoms with Crippen LogP contribution in [0.4, 0.5) is 4.79 Å². The summed E-state index contributed by atoms with van der Waals surface area (Å²) in [7, 11) is 0. The van der Waals surface area contributed by atoms with Crippen LogP contribution in [-0.4, -0.2) is 39.9 Å². The summed E-state index contributed by atoms with van der Waals surface area (Å²) >= 11 is 0. The molecule has 1 aliphatic rings. The molecule has 6 nitrogen and oxygen atoms in total. The van der Waals surface area contributed by atoms with E-state index in [0.29, 0.717) is 6.42 Å². The maximum Gasteiger partial charge on any atom is 0.315 e. The van der Waals surface area contributed by atoms with Crippen molar-refractivity contribution >= 4 is 12.0 Å². The monoisotopic (exact) mass is 286 g/mol. The van der Waals surface area contributed by atoms with Gasteiger partial charge in [-0.25, -0.2) is 4.79 Å². The molecule has 1 fully saturated rings. The number of amides is 2. The minimum atomic E-state index is -1.10. The largest absolute Gasteiger partial charge is 0.481 e. The molecule has 0 spiro atoms. The van der Waals surface area contributed by atoms with E-state index in [1.165, 1.54) is 0 Å². The quantitative estimate of drug-likeness (QED) is 0.629. The van der Waals surface area contributed by atoms with Crippen molar-refractivity contribution in [2.75, 3.05) is 0 Å². The van der Waals surface area contributed by atoms with Crippen LogP contribution in [0.5, 0.6) is 0 Å². The predicted molar refractivity (Wildman–Crippen MR) is 75.4 cm³/mol. The number of carbonyl (C=O) groups excluding carboxylic acids is 1. The molecule has 4 N–H and O–H groups in total. The molecular formula is C14H26N2O4. The fourth-order valence-corrected chi connectivity index (χ4v) is 2.19. The molecule has 0 bridgehead atoms. The zero-order valence-corrected chi connectivity index (χ0v) is 12.7. The minimum absolute atomic E-state index is 0.257. The van der Waals surface area contributed by atoms with E-state index >= 15 is 0 Å². The van der Waals surface area contributed by atoms with Crippen LogP contribution < -0.4 is 10.6 Å². The SMILES string of the molecule is CC(C)(NC(=O)NC1CCCCC1O)C(C)(C)C(=O)O. The summed E-state index contributed by atoms with van der Waals surface area (Å²) in [6, 6.07) is -0.692. The van der Waals surface area contributed by atoms with Gasteiger partial charge in [-0.1, -0.05) is 12.8 Å². The maximum absolute atomic E-state index is 12.0. The first-order valence-corrected chi connectivity index (χ1v) is 7.08. The highest BCUT2D eigenvalue weighted by Gasteiger charge is 2.44. The van der Waals surface area contributed by atoms with Crippen LogP contribution in [0, 0.1) is 5.41 Å². The summed E-state index contributed by atoms with van der Waals surface area (Å²) in [5, 5.41) is 24.5. The third kappa shape index (κ3) is 3.62. The third-order valence-corrected chi connectivity index (χ3v) is 4.57. The van der Waals surface area contributed by atoms with Crippen LogP contribution in [0.15, 0.2) is 0 Å². The molecule has 1 saturated carbocycles. The normalized spacial score (nSPS) is 24.1. The molecular weight excluding hydrogens is 260 g/mol. The molecule has 0 aliphatic heterocycles. The third-order valence-electron chi connectivity index (χ3n) is 4.57. The highest BCUT2D eigenvalue weighted by Crippen LogP contribution is 2.30. The van der Waals surface area contributed by atoms with Crippen molar-refractivity contribution in [1.29, 1.82) is 0 Å². The predicted octanol–water partition coefficient (Wildman–Crippen LogP) is 1.48. The fraction of sp³-hybridized carbons (Fsp3) is 0.857. The lowest BCUT2D eigenvalue weighted by molar-refractivity contribution is -0.150. The van der Waals surface area contributed by atoms with E-state index in [1.807, 2.05) is 0 Å². The van der Waals surface area contributed by atoms with E-state index in [2.05, 4.69) is 10.6 Å². The molecule has 20 heavy (non-hydrogen) atoms. The van der Waals surface area contributed by atoms with Gasteiger partial charge in [0.2, 0.25) is 0 Å². The number of carboxylic acids is 1. The van der Waals surface area contributed by atoms with Crippen molar-refractivity contribution in [3.63, 3.8) is 0 Å². The second-order valence-electron chi connectivity index (χ2n) is 6.61. The van der Waals surface area contributed by atoms with E-state index in [1.54, 1.807) is 27.7 Å². The number of carboxylic acid groups (broad SMARTS) is 1. The standard InChI is InChI=1S/C14H26N2O4/c1-13(2,11(18)19)14(3,4)16-12(20)15-9-7-5-6-8-10(9)17/h9-10,17H,5-8H2,1-4H3,(H,18,19)(H2,15,16,20). The fourth-order valence-electron chi connectivity index (χ4n) is 2.19. The van der Waals surface area contributed by atoms with Gasteiger partial charge in [0, 0.05) is 0 Å². The van der Waals surface area contributed by atoms with Crippen LogP contribution in [0.2, 0.25) is 0 Å². The summed E-state index contributed by atoms with van der Waals surface area (Å²) in [4.78, 5) is 23.3. The number of hydrogen-bond acceptors (Lipinski definition) is 3. The van der Waals surface area contributed by atoms with E-state index in [0.717, 1.165) is 19.3 Å². The van der Waals surface area contributed by atoms with Gasteiger partial charge in [-0.05, 0) is 40.5 Å². The van der Waals surface area contributed by atoms with E-state index in [-0.39, 0.29) is 6.04 Å². The number of aliphatic hydroxyl groups excluding tert-OH is 1. The van der Waals surface area contributed by atoms with Gasteiger partial charge >= 0.3 is 12.0 Å². The van der Waals surface area contributed by atoms with Gasteiger partial charge in [0.15, 0.2) is 0 Å². The van der Waals surface area contributed by atoms with Gasteiger partial charge in [-0.3, -0.25) is 4.79 Å². The highest BCUT2D eigenvalue weighted by atomic mass is 16.4. The van der Waals surface area contributed by atoms with Crippen molar-refractivity contribution in [2.45, 2.75) is 71.1 Å². The molecule has 0 saturated heterocycles. The smallest absolute Gasteiger partial charge is 0.315 e. The number of aliphatic carboxylic acids is 1. The second kappa shape index (κ2) is 5.99. The number of rotatable bonds is 4. The molecule has 116 valence electrons. The highest BCUT2D eigenvalue weighted by molar-refractivity contribution is 5.79. The molecule has 2 amide bonds. The van der Waals surface area contributed by atoms with Gasteiger partial charge in [0.25, 0.3) is 0 Å². The first-order valence-electron chi connectivity index (χ1n) is 7.08. The van der Waals surface area contributed by atoms with Gasteiger partial charge in [0.1, 0.15) is 0 Å². The number of nitrogens with one attached hydrogen (secondary N) is 2. The summed E-state index contributed by atoms with van der Waals surface area (Å²) in [6.07, 6.45) is 2.86. The van der Waals surface area contributed by atoms with Gasteiger partial charge in [0.05, 0.1) is 23.1 Å². The molecule has 6 heteroatoms. The van der Waals surface area contributed by atoms with Gasteiger partial charge in [-0.15, -0.1) is 0 Å². The lowest BCUT2D eigenvalue weighted by Gasteiger charge is -2.39. The Hall–Kier alpha value is -1.30. The Morgan fingerprint density at radius 3 is 2.15 bits per heavy atom. The zero-order valence-electron chi connectivity index (χ0n) is 12.7. The second-order valence-corrected chi connectivity index (χ2v) is 6.61. The molecule has 1 rings (SSSR count). The number of carbonyl (C=O) groups is 2. The van der Waals surface area contributed by atoms with Crippen molar-refractivity contribution in [3.05, 3.63) is 0 Å². The van der Waals surface area contributed by atoms with Crippen molar-refractivity contribution in [3.8, 4) is 0 Å². The molecule has 1 aliphatic carbocycles. The molecule has 2 atom stereocenters. The zero-order chi connectivity index (χ0) is 15.6. The summed E-state index contributed by atoms with van der Waals surface area (Å²) in [5.41, 5.74) is -2.02. The van der Waals surface area contributed by atoms with E-state index in [4.69, 9.17) is 0 Å². The Balaban J connectivity index is 2.63. The first kappa shape index (κ1) is 16.8. The average Bonchev–Trinajstić information content (AvgIpc) is 2.31. The lowest BCUT2D eigenvalue weighted by atomic mass is 9.74. The lowest BCUT2D eigenvalue weighted by Crippen LogP contribution is -2.61. The Morgan fingerprint density at radius 2 is 1.65 bits per heavy atom.